The molecule has 0 spiro atoms. The van der Waals surface area contributed by atoms with Crippen LogP contribution in [0.5, 0.6) is 11.8 Å². The van der Waals surface area contributed by atoms with Gasteiger partial charge in [0.25, 0.3) is 5.91 Å². The molecule has 1 fully saturated rings. The van der Waals surface area contributed by atoms with Gasteiger partial charge in [-0.2, -0.15) is 4.98 Å². The molecule has 0 saturated heterocycles. The summed E-state index contributed by atoms with van der Waals surface area (Å²) in [5.41, 5.74) is 7.87. The number of carbonyl (C=O) groups excluding carboxylic acids is 1. The zero-order chi connectivity index (χ0) is 22.7. The van der Waals surface area contributed by atoms with Gasteiger partial charge in [-0.1, -0.05) is 6.07 Å². The van der Waals surface area contributed by atoms with Gasteiger partial charge < -0.3 is 20.5 Å². The predicted octanol–water partition coefficient (Wildman–Crippen LogP) is 3.76. The van der Waals surface area contributed by atoms with Crippen LogP contribution in [-0.2, 0) is 6.42 Å². The molecule has 1 aliphatic heterocycles. The fourth-order valence-corrected chi connectivity index (χ4v) is 4.09. The van der Waals surface area contributed by atoms with E-state index in [1.165, 1.54) is 6.20 Å². The van der Waals surface area contributed by atoms with E-state index in [1.54, 1.807) is 31.5 Å². The number of ether oxygens (including phenoxy) is 2. The van der Waals surface area contributed by atoms with Crippen molar-refractivity contribution in [2.75, 3.05) is 12.4 Å². The smallest absolute Gasteiger partial charge is 0.262 e. The number of allylic oxidation sites excluding steroid dienone is 1. The highest BCUT2D eigenvalue weighted by atomic mass is 16.5. The average Bonchev–Trinajstić information content (AvgIpc) is 3.37. The average molecular weight is 436 g/mol. The molecule has 32 heavy (non-hydrogen) atoms. The Balaban J connectivity index is 1.63. The summed E-state index contributed by atoms with van der Waals surface area (Å²) >= 11 is 0. The van der Waals surface area contributed by atoms with Crippen molar-refractivity contribution in [3.63, 3.8) is 0 Å². The molecule has 1 amide bonds. The molecule has 3 heterocycles. The Hall–Kier alpha value is -3.42. The van der Waals surface area contributed by atoms with Crippen LogP contribution in [0.1, 0.15) is 61.1 Å². The molecule has 0 radical (unpaired) electrons. The third kappa shape index (κ3) is 4.74. The normalized spacial score (nSPS) is 17.9. The van der Waals surface area contributed by atoms with Crippen LogP contribution in [0.4, 0.5) is 5.82 Å². The maximum absolute atomic E-state index is 13.3. The number of fused-ring (bicyclic) bond motifs is 1. The van der Waals surface area contributed by atoms with E-state index >= 15 is 0 Å². The van der Waals surface area contributed by atoms with Gasteiger partial charge in [0.2, 0.25) is 11.8 Å². The van der Waals surface area contributed by atoms with E-state index in [1.807, 2.05) is 19.9 Å². The van der Waals surface area contributed by atoms with Gasteiger partial charge in [0.05, 0.1) is 5.69 Å². The first-order chi connectivity index (χ1) is 15.4. The number of hydrogen-bond donors (Lipinski definition) is 2. The molecule has 8 heteroatoms. The Morgan fingerprint density at radius 2 is 2.09 bits per heavy atom. The van der Waals surface area contributed by atoms with E-state index in [2.05, 4.69) is 20.3 Å². The van der Waals surface area contributed by atoms with Crippen LogP contribution in [0.15, 0.2) is 35.5 Å². The van der Waals surface area contributed by atoms with Crippen molar-refractivity contribution < 1.29 is 14.3 Å². The Morgan fingerprint density at radius 1 is 1.31 bits per heavy atom. The lowest BCUT2D eigenvalue weighted by atomic mass is 10.0. The largest absolute Gasteiger partial charge is 0.474 e. The molecule has 1 saturated carbocycles. The molecule has 0 bridgehead atoms. The summed E-state index contributed by atoms with van der Waals surface area (Å²) in [5, 5.41) is 2.87. The number of nitrogens with one attached hydrogen (secondary N) is 1. The van der Waals surface area contributed by atoms with E-state index in [4.69, 9.17) is 15.2 Å². The first-order valence-electron chi connectivity index (χ1n) is 10.9. The molecule has 168 valence electrons. The monoisotopic (exact) mass is 435 g/mol. The summed E-state index contributed by atoms with van der Waals surface area (Å²) in [6, 6.07) is 7.16. The molecule has 8 nitrogen and oxygen atoms in total. The van der Waals surface area contributed by atoms with Crippen molar-refractivity contribution in [3.8, 4) is 11.8 Å². The van der Waals surface area contributed by atoms with Gasteiger partial charge in [-0.15, -0.1) is 0 Å². The summed E-state index contributed by atoms with van der Waals surface area (Å²) in [6.07, 6.45) is 7.95. The quantitative estimate of drug-likeness (QED) is 0.668. The van der Waals surface area contributed by atoms with Gasteiger partial charge in [-0.25, -0.2) is 4.98 Å². The van der Waals surface area contributed by atoms with Crippen molar-refractivity contribution in [1.82, 2.24) is 9.97 Å². The number of anilines is 1. The second-order valence-electron chi connectivity index (χ2n) is 8.74. The van der Waals surface area contributed by atoms with Crippen molar-refractivity contribution in [1.29, 1.82) is 0 Å². The molecule has 2 aromatic rings. The Bertz CT molecular complexity index is 1070. The maximum Gasteiger partial charge on any atom is 0.262 e. The van der Waals surface area contributed by atoms with Crippen LogP contribution in [0.3, 0.4) is 0 Å². The lowest BCUT2D eigenvalue weighted by molar-refractivity contribution is 0.101. The first kappa shape index (κ1) is 21.8. The summed E-state index contributed by atoms with van der Waals surface area (Å²) in [7, 11) is 1.66. The van der Waals surface area contributed by atoms with E-state index in [0.29, 0.717) is 40.8 Å². The standard InChI is InChI=1S/C24H29N5O3/c1-24(2)12-15-11-18(23(29-22(15)32-24)31-17-7-4-5-8-17)21(30)28-20-10-6-9-19(27-20)16(13-25)14-26-3/h6,9-11,13-14,17H,4-5,7-8,12,25H2,1-3H3,(H,27,28,30)/b16-13+,26-14?. The molecular formula is C24H29N5O3. The van der Waals surface area contributed by atoms with Gasteiger partial charge in [-0.05, 0) is 57.7 Å². The first-order valence-corrected chi connectivity index (χ1v) is 10.9. The fourth-order valence-electron chi connectivity index (χ4n) is 4.09. The zero-order valence-electron chi connectivity index (χ0n) is 18.7. The lowest BCUT2D eigenvalue weighted by Gasteiger charge is -2.17. The maximum atomic E-state index is 13.3. The summed E-state index contributed by atoms with van der Waals surface area (Å²) in [5.74, 6) is 0.921. The van der Waals surface area contributed by atoms with E-state index < -0.39 is 0 Å². The molecule has 1 aliphatic carbocycles. The number of carbonyl (C=O) groups is 1. The molecular weight excluding hydrogens is 406 g/mol. The third-order valence-electron chi connectivity index (χ3n) is 5.58. The highest BCUT2D eigenvalue weighted by molar-refractivity contribution is 6.09. The van der Waals surface area contributed by atoms with Crippen LogP contribution in [0, 0.1) is 0 Å². The number of pyridine rings is 2. The van der Waals surface area contributed by atoms with Crippen molar-refractivity contribution in [2.24, 2.45) is 10.7 Å². The van der Waals surface area contributed by atoms with E-state index in [0.717, 1.165) is 31.2 Å². The molecule has 4 rings (SSSR count). The molecule has 0 unspecified atom stereocenters. The van der Waals surface area contributed by atoms with Crippen LogP contribution < -0.4 is 20.5 Å². The number of nitrogens with two attached hydrogens (primary N) is 1. The summed E-state index contributed by atoms with van der Waals surface area (Å²) in [6.45, 7) is 4.01. The number of hydrogen-bond acceptors (Lipinski definition) is 7. The third-order valence-corrected chi connectivity index (χ3v) is 5.58. The minimum atomic E-state index is -0.364. The number of nitrogens with zero attached hydrogens (tertiary/aromatic N) is 3. The van der Waals surface area contributed by atoms with E-state index in [-0.39, 0.29) is 17.6 Å². The molecule has 0 aromatic carbocycles. The Labute approximate surface area is 188 Å². The SMILES string of the molecule is CN=C/C(=C\N)c1cccc(NC(=O)c2cc3c(nc2OC2CCCC2)OC(C)(C)C3)n1. The summed E-state index contributed by atoms with van der Waals surface area (Å²) < 4.78 is 12.1. The zero-order valence-corrected chi connectivity index (χ0v) is 18.7. The minimum absolute atomic E-state index is 0.0635. The number of rotatable bonds is 6. The Kier molecular flexibility index (Phi) is 6.12. The van der Waals surface area contributed by atoms with Gasteiger partial charge in [0.1, 0.15) is 23.1 Å². The van der Waals surface area contributed by atoms with Crippen molar-refractivity contribution in [2.45, 2.75) is 57.7 Å². The second-order valence-corrected chi connectivity index (χ2v) is 8.74. The van der Waals surface area contributed by atoms with Gasteiger partial charge in [0, 0.05) is 37.0 Å². The molecule has 3 N–H and O–H groups in total. The van der Waals surface area contributed by atoms with Crippen molar-refractivity contribution in [3.05, 3.63) is 47.3 Å². The summed E-state index contributed by atoms with van der Waals surface area (Å²) in [4.78, 5) is 26.3. The highest BCUT2D eigenvalue weighted by Crippen LogP contribution is 2.37. The van der Waals surface area contributed by atoms with Crippen LogP contribution in [0.25, 0.3) is 5.57 Å². The Morgan fingerprint density at radius 3 is 2.81 bits per heavy atom. The topological polar surface area (TPSA) is 112 Å². The lowest BCUT2D eigenvalue weighted by Crippen LogP contribution is -2.24. The fraction of sp³-hybridized carbons (Fsp3) is 0.417. The van der Waals surface area contributed by atoms with E-state index in [9.17, 15) is 4.79 Å². The van der Waals surface area contributed by atoms with Crippen molar-refractivity contribution >= 4 is 23.5 Å². The van der Waals surface area contributed by atoms with Gasteiger partial charge in [-0.3, -0.25) is 9.79 Å². The second kappa shape index (κ2) is 8.98. The van der Waals surface area contributed by atoms with Crippen LogP contribution in [-0.4, -0.2) is 40.8 Å². The number of aromatic nitrogens is 2. The van der Waals surface area contributed by atoms with Gasteiger partial charge >= 0.3 is 0 Å². The molecule has 2 aliphatic rings. The molecule has 2 aromatic heterocycles. The highest BCUT2D eigenvalue weighted by Gasteiger charge is 2.34. The minimum Gasteiger partial charge on any atom is -0.474 e. The van der Waals surface area contributed by atoms with Crippen LogP contribution in [0.2, 0.25) is 0 Å². The molecule has 0 atom stereocenters. The number of amides is 1. The van der Waals surface area contributed by atoms with Crippen LogP contribution >= 0.6 is 0 Å². The number of aliphatic imine (C=N–C) groups is 1. The predicted molar refractivity (Wildman–Crippen MR) is 124 cm³/mol. The van der Waals surface area contributed by atoms with Gasteiger partial charge in [0.15, 0.2) is 0 Å².